The van der Waals surface area contributed by atoms with E-state index in [0.717, 1.165) is 18.9 Å². The van der Waals surface area contributed by atoms with Gasteiger partial charge in [-0.05, 0) is 25.0 Å². The zero-order chi connectivity index (χ0) is 9.97. The highest BCUT2D eigenvalue weighted by Crippen LogP contribution is 2.22. The molecule has 0 bridgehead atoms. The molecule has 0 saturated carbocycles. The van der Waals surface area contributed by atoms with Gasteiger partial charge in [-0.3, -0.25) is 0 Å². The fraction of sp³-hybridized carbons (Fsp3) is 0.400. The summed E-state index contributed by atoms with van der Waals surface area (Å²) >= 11 is 0. The largest absolute Gasteiger partial charge is 0.505 e. The number of nitrogens with zero attached hydrogens (tertiary/aromatic N) is 3. The van der Waals surface area contributed by atoms with Crippen molar-refractivity contribution in [1.82, 2.24) is 4.98 Å². The Labute approximate surface area is 82.4 Å². The molecule has 1 fully saturated rings. The first-order valence-electron chi connectivity index (χ1n) is 4.66. The Hall–Kier alpha value is -1.76. The lowest BCUT2D eigenvalue weighted by molar-refractivity contribution is 0.470. The lowest BCUT2D eigenvalue weighted by Crippen LogP contribution is -2.19. The number of hydrogen-bond acceptors (Lipinski definition) is 4. The number of hydrogen-bond donors (Lipinski definition) is 1. The minimum atomic E-state index is -0.0459. The minimum absolute atomic E-state index is 0.0459. The van der Waals surface area contributed by atoms with Gasteiger partial charge in [0, 0.05) is 13.1 Å². The van der Waals surface area contributed by atoms with Crippen LogP contribution in [0.3, 0.4) is 0 Å². The van der Waals surface area contributed by atoms with E-state index in [1.165, 1.54) is 18.9 Å². The molecule has 0 radical (unpaired) electrons. The number of aromatic nitrogens is 1. The number of anilines is 1. The van der Waals surface area contributed by atoms with Crippen LogP contribution in [0.1, 0.15) is 18.5 Å². The molecule has 4 nitrogen and oxygen atoms in total. The third kappa shape index (κ3) is 1.49. The molecule has 0 unspecified atom stereocenters. The van der Waals surface area contributed by atoms with E-state index in [1.54, 1.807) is 6.07 Å². The quantitative estimate of drug-likeness (QED) is 0.722. The highest BCUT2D eigenvalue weighted by atomic mass is 16.3. The van der Waals surface area contributed by atoms with Crippen molar-refractivity contribution in [1.29, 1.82) is 5.26 Å². The maximum absolute atomic E-state index is 9.27. The SMILES string of the molecule is N#Cc1nc(N2CCCC2)ccc1O. The van der Waals surface area contributed by atoms with Gasteiger partial charge >= 0.3 is 0 Å². The Bertz CT molecular complexity index is 377. The van der Waals surface area contributed by atoms with Crippen molar-refractivity contribution in [2.24, 2.45) is 0 Å². The van der Waals surface area contributed by atoms with E-state index in [1.807, 2.05) is 6.07 Å². The van der Waals surface area contributed by atoms with Gasteiger partial charge in [-0.15, -0.1) is 0 Å². The van der Waals surface area contributed by atoms with Crippen LogP contribution in [0.5, 0.6) is 5.75 Å². The summed E-state index contributed by atoms with van der Waals surface area (Å²) in [5, 5.41) is 18.0. The average molecular weight is 189 g/mol. The van der Waals surface area contributed by atoms with Gasteiger partial charge in [0.15, 0.2) is 11.4 Å². The lowest BCUT2D eigenvalue weighted by atomic mass is 10.3. The lowest BCUT2D eigenvalue weighted by Gasteiger charge is -2.16. The minimum Gasteiger partial charge on any atom is -0.505 e. The molecule has 1 saturated heterocycles. The van der Waals surface area contributed by atoms with Crippen molar-refractivity contribution in [3.8, 4) is 11.8 Å². The maximum Gasteiger partial charge on any atom is 0.184 e. The zero-order valence-corrected chi connectivity index (χ0v) is 7.77. The molecule has 4 heteroatoms. The van der Waals surface area contributed by atoms with E-state index in [2.05, 4.69) is 9.88 Å². The highest BCUT2D eigenvalue weighted by Gasteiger charge is 2.14. The van der Waals surface area contributed by atoms with Crippen LogP contribution >= 0.6 is 0 Å². The smallest absolute Gasteiger partial charge is 0.184 e. The summed E-state index contributed by atoms with van der Waals surface area (Å²) in [5.74, 6) is 0.743. The Balaban J connectivity index is 2.31. The molecule has 72 valence electrons. The molecular formula is C10H11N3O. The summed E-state index contributed by atoms with van der Waals surface area (Å²) in [4.78, 5) is 6.21. The second-order valence-corrected chi connectivity index (χ2v) is 3.34. The summed E-state index contributed by atoms with van der Waals surface area (Å²) in [6.45, 7) is 1.98. The molecule has 1 aromatic rings. The number of rotatable bonds is 1. The van der Waals surface area contributed by atoms with Gasteiger partial charge in [-0.2, -0.15) is 5.26 Å². The zero-order valence-electron chi connectivity index (χ0n) is 7.77. The number of nitriles is 1. The topological polar surface area (TPSA) is 60.2 Å². The predicted molar refractivity (Wildman–Crippen MR) is 52.1 cm³/mol. The van der Waals surface area contributed by atoms with Crippen LogP contribution in [-0.4, -0.2) is 23.2 Å². The van der Waals surface area contributed by atoms with Gasteiger partial charge in [0.25, 0.3) is 0 Å². The highest BCUT2D eigenvalue weighted by molar-refractivity contribution is 5.47. The van der Waals surface area contributed by atoms with Gasteiger partial charge in [0.2, 0.25) is 0 Å². The number of aromatic hydroxyl groups is 1. The molecule has 0 amide bonds. The van der Waals surface area contributed by atoms with Gasteiger partial charge in [0.1, 0.15) is 11.9 Å². The van der Waals surface area contributed by atoms with E-state index in [9.17, 15) is 5.11 Å². The van der Waals surface area contributed by atoms with E-state index < -0.39 is 0 Å². The molecule has 0 aromatic carbocycles. The van der Waals surface area contributed by atoms with E-state index in [0.29, 0.717) is 0 Å². The summed E-state index contributed by atoms with van der Waals surface area (Å²) < 4.78 is 0. The van der Waals surface area contributed by atoms with Crippen molar-refractivity contribution in [2.75, 3.05) is 18.0 Å². The van der Waals surface area contributed by atoms with Crippen LogP contribution in [0.15, 0.2) is 12.1 Å². The molecular weight excluding hydrogens is 178 g/mol. The van der Waals surface area contributed by atoms with Crippen LogP contribution in [0, 0.1) is 11.3 Å². The van der Waals surface area contributed by atoms with Crippen molar-refractivity contribution in [2.45, 2.75) is 12.8 Å². The van der Waals surface area contributed by atoms with Crippen molar-refractivity contribution in [3.05, 3.63) is 17.8 Å². The van der Waals surface area contributed by atoms with E-state index >= 15 is 0 Å². The van der Waals surface area contributed by atoms with Crippen LogP contribution < -0.4 is 4.90 Å². The van der Waals surface area contributed by atoms with Crippen LogP contribution in [0.2, 0.25) is 0 Å². The third-order valence-corrected chi connectivity index (χ3v) is 2.40. The second-order valence-electron chi connectivity index (χ2n) is 3.34. The molecule has 1 aromatic heterocycles. The monoisotopic (exact) mass is 189 g/mol. The van der Waals surface area contributed by atoms with Crippen molar-refractivity contribution < 1.29 is 5.11 Å². The summed E-state index contributed by atoms with van der Waals surface area (Å²) in [6.07, 6.45) is 2.34. The molecule has 0 spiro atoms. The van der Waals surface area contributed by atoms with Crippen LogP contribution in [-0.2, 0) is 0 Å². The van der Waals surface area contributed by atoms with Crippen LogP contribution in [0.4, 0.5) is 5.82 Å². The molecule has 1 aliphatic heterocycles. The first-order valence-corrected chi connectivity index (χ1v) is 4.66. The third-order valence-electron chi connectivity index (χ3n) is 2.40. The normalized spacial score (nSPS) is 15.5. The predicted octanol–water partition coefficient (Wildman–Crippen LogP) is 1.26. The molecule has 1 aliphatic rings. The molecule has 2 rings (SSSR count). The van der Waals surface area contributed by atoms with Gasteiger partial charge in [-0.25, -0.2) is 4.98 Å². The summed E-state index contributed by atoms with van der Waals surface area (Å²) in [5.41, 5.74) is 0.106. The molecule has 0 atom stereocenters. The summed E-state index contributed by atoms with van der Waals surface area (Å²) in [6, 6.07) is 5.15. The molecule has 14 heavy (non-hydrogen) atoms. The van der Waals surface area contributed by atoms with Crippen molar-refractivity contribution >= 4 is 5.82 Å². The first kappa shape index (κ1) is 8.82. The van der Waals surface area contributed by atoms with Gasteiger partial charge in [0.05, 0.1) is 0 Å². The number of pyridine rings is 1. The first-order chi connectivity index (χ1) is 6.81. The summed E-state index contributed by atoms with van der Waals surface area (Å²) in [7, 11) is 0. The van der Waals surface area contributed by atoms with E-state index in [-0.39, 0.29) is 11.4 Å². The second kappa shape index (κ2) is 3.54. The average Bonchev–Trinajstić information content (AvgIpc) is 2.71. The molecule has 0 aliphatic carbocycles. The Morgan fingerprint density at radius 1 is 1.36 bits per heavy atom. The Kier molecular flexibility index (Phi) is 2.23. The fourth-order valence-corrected chi connectivity index (χ4v) is 1.65. The van der Waals surface area contributed by atoms with E-state index in [4.69, 9.17) is 5.26 Å². The molecule has 2 heterocycles. The van der Waals surface area contributed by atoms with Crippen LogP contribution in [0.25, 0.3) is 0 Å². The Morgan fingerprint density at radius 2 is 2.07 bits per heavy atom. The van der Waals surface area contributed by atoms with Gasteiger partial charge in [-0.1, -0.05) is 0 Å². The van der Waals surface area contributed by atoms with Crippen molar-refractivity contribution in [3.63, 3.8) is 0 Å². The fourth-order valence-electron chi connectivity index (χ4n) is 1.65. The van der Waals surface area contributed by atoms with Gasteiger partial charge < -0.3 is 10.0 Å². The standard InChI is InChI=1S/C10H11N3O/c11-7-8-9(14)3-4-10(12-8)13-5-1-2-6-13/h3-4,14H,1-2,5-6H2. The molecule has 1 N–H and O–H groups in total. The maximum atomic E-state index is 9.27. The Morgan fingerprint density at radius 3 is 2.71 bits per heavy atom.